The summed E-state index contributed by atoms with van der Waals surface area (Å²) in [6.45, 7) is 9.20. The summed E-state index contributed by atoms with van der Waals surface area (Å²) in [4.78, 5) is 23.0. The minimum atomic E-state index is -1.31. The van der Waals surface area contributed by atoms with E-state index in [0.29, 0.717) is 11.5 Å². The summed E-state index contributed by atoms with van der Waals surface area (Å²) in [5, 5.41) is 13.4. The fourth-order valence-corrected chi connectivity index (χ4v) is 2.20. The van der Waals surface area contributed by atoms with Gasteiger partial charge in [-0.05, 0) is 29.5 Å². The summed E-state index contributed by atoms with van der Waals surface area (Å²) in [6, 6.07) is 4.32. The second kappa shape index (κ2) is 8.04. The number of ether oxygens (including phenoxy) is 2. The highest BCUT2D eigenvalue weighted by molar-refractivity contribution is 5.83. The van der Waals surface area contributed by atoms with Crippen LogP contribution in [0.15, 0.2) is 18.2 Å². The molecule has 0 aliphatic carbocycles. The van der Waals surface area contributed by atoms with Crippen molar-refractivity contribution in [2.45, 2.75) is 46.1 Å². The molecule has 1 rings (SSSR count). The lowest BCUT2D eigenvalue weighted by atomic mass is 9.86. The summed E-state index contributed by atoms with van der Waals surface area (Å²) in [7, 11) is 1.59. The van der Waals surface area contributed by atoms with Gasteiger partial charge in [0, 0.05) is 5.56 Å². The van der Waals surface area contributed by atoms with Gasteiger partial charge < -0.3 is 24.7 Å². The number of carbonyl (C=O) groups is 2. The topological polar surface area (TPSA) is 87.7 Å². The van der Waals surface area contributed by atoms with E-state index in [1.807, 2.05) is 26.8 Å². The first-order valence-electron chi connectivity index (χ1n) is 7.87. The molecule has 134 valence electrons. The Labute approximate surface area is 143 Å². The molecule has 0 saturated heterocycles. The third-order valence-corrected chi connectivity index (χ3v) is 3.59. The molecule has 0 aromatic heterocycles. The molecule has 0 fully saturated rings. The molecule has 0 bridgehead atoms. The lowest BCUT2D eigenvalue weighted by Crippen LogP contribution is -2.51. The van der Waals surface area contributed by atoms with Crippen molar-refractivity contribution < 1.29 is 24.2 Å². The summed E-state index contributed by atoms with van der Waals surface area (Å²) in [5.74, 6) is -0.821. The molecule has 1 amide bonds. The SMILES string of the molecule is COc1ccc(OCC(=O)N[C@H](C(=O)[O-])C(C)C)c(C(C)(C)C)c1. The van der Waals surface area contributed by atoms with Crippen molar-refractivity contribution in [1.29, 1.82) is 0 Å². The van der Waals surface area contributed by atoms with Gasteiger partial charge in [-0.3, -0.25) is 4.79 Å². The van der Waals surface area contributed by atoms with Crippen LogP contribution in [0.3, 0.4) is 0 Å². The molecule has 1 aromatic rings. The van der Waals surface area contributed by atoms with Crippen LogP contribution >= 0.6 is 0 Å². The van der Waals surface area contributed by atoms with E-state index >= 15 is 0 Å². The molecular weight excluding hydrogens is 310 g/mol. The van der Waals surface area contributed by atoms with Gasteiger partial charge in [-0.15, -0.1) is 0 Å². The number of nitrogens with one attached hydrogen (secondary N) is 1. The maximum absolute atomic E-state index is 12.0. The highest BCUT2D eigenvalue weighted by atomic mass is 16.5. The van der Waals surface area contributed by atoms with Gasteiger partial charge in [-0.2, -0.15) is 0 Å². The van der Waals surface area contributed by atoms with Crippen LogP contribution in [0.2, 0.25) is 0 Å². The van der Waals surface area contributed by atoms with E-state index in [4.69, 9.17) is 9.47 Å². The number of aliphatic carboxylic acids is 1. The first-order valence-corrected chi connectivity index (χ1v) is 7.87. The number of carbonyl (C=O) groups excluding carboxylic acids is 2. The van der Waals surface area contributed by atoms with Crippen molar-refractivity contribution >= 4 is 11.9 Å². The second-order valence-corrected chi connectivity index (χ2v) is 7.01. The number of rotatable bonds is 7. The molecule has 0 unspecified atom stereocenters. The van der Waals surface area contributed by atoms with Gasteiger partial charge in [0.2, 0.25) is 0 Å². The average molecular weight is 336 g/mol. The molecule has 0 aliphatic rings. The monoisotopic (exact) mass is 336 g/mol. The molecule has 0 spiro atoms. The van der Waals surface area contributed by atoms with Crippen LogP contribution in [0, 0.1) is 5.92 Å². The molecule has 0 heterocycles. The Morgan fingerprint density at radius 3 is 2.33 bits per heavy atom. The van der Waals surface area contributed by atoms with E-state index in [0.717, 1.165) is 5.56 Å². The van der Waals surface area contributed by atoms with Crippen molar-refractivity contribution in [1.82, 2.24) is 5.32 Å². The quantitative estimate of drug-likeness (QED) is 0.810. The van der Waals surface area contributed by atoms with Crippen LogP contribution < -0.4 is 19.9 Å². The zero-order valence-electron chi connectivity index (χ0n) is 15.1. The smallest absolute Gasteiger partial charge is 0.258 e. The summed E-state index contributed by atoms with van der Waals surface area (Å²) in [5.41, 5.74) is 0.696. The minimum absolute atomic E-state index is 0.203. The standard InChI is InChI=1S/C18H27NO5/c1-11(2)16(17(21)22)19-15(20)10-24-14-8-7-12(23-6)9-13(14)18(3,4)5/h7-9,11,16H,10H2,1-6H3,(H,19,20)(H,21,22)/p-1/t16-/m0/s1. The number of carboxylic acids is 1. The normalized spacial score (nSPS) is 12.6. The fourth-order valence-electron chi connectivity index (χ4n) is 2.20. The number of hydrogen-bond acceptors (Lipinski definition) is 5. The molecule has 24 heavy (non-hydrogen) atoms. The fraction of sp³-hybridized carbons (Fsp3) is 0.556. The van der Waals surface area contributed by atoms with E-state index in [9.17, 15) is 14.7 Å². The van der Waals surface area contributed by atoms with Crippen molar-refractivity contribution in [3.63, 3.8) is 0 Å². The number of hydrogen-bond donors (Lipinski definition) is 1. The highest BCUT2D eigenvalue weighted by Crippen LogP contribution is 2.34. The van der Waals surface area contributed by atoms with Crippen LogP contribution in [0.25, 0.3) is 0 Å². The zero-order chi connectivity index (χ0) is 18.5. The molecule has 1 N–H and O–H groups in total. The average Bonchev–Trinajstić information content (AvgIpc) is 2.48. The molecule has 6 nitrogen and oxygen atoms in total. The summed E-state index contributed by atoms with van der Waals surface area (Å²) in [6.07, 6.45) is 0. The van der Waals surface area contributed by atoms with Crippen molar-refractivity contribution in [2.75, 3.05) is 13.7 Å². The predicted octanol–water partition coefficient (Wildman–Crippen LogP) is 1.26. The Morgan fingerprint density at radius 2 is 1.88 bits per heavy atom. The van der Waals surface area contributed by atoms with E-state index in [1.165, 1.54) is 0 Å². The first kappa shape index (κ1) is 19.8. The molecule has 1 aromatic carbocycles. The van der Waals surface area contributed by atoms with Crippen LogP contribution in [0.5, 0.6) is 11.5 Å². The van der Waals surface area contributed by atoms with E-state index in [1.54, 1.807) is 33.1 Å². The Hall–Kier alpha value is -2.24. The van der Waals surface area contributed by atoms with Gasteiger partial charge in [0.1, 0.15) is 11.5 Å². The van der Waals surface area contributed by atoms with Gasteiger partial charge >= 0.3 is 0 Å². The van der Waals surface area contributed by atoms with Crippen LogP contribution in [-0.4, -0.2) is 31.6 Å². The molecular formula is C18H26NO5-. The maximum atomic E-state index is 12.0. The van der Waals surface area contributed by atoms with Gasteiger partial charge in [0.25, 0.3) is 5.91 Å². The van der Waals surface area contributed by atoms with Crippen molar-refractivity contribution in [2.24, 2.45) is 5.92 Å². The molecule has 1 atom stereocenters. The summed E-state index contributed by atoms with van der Waals surface area (Å²) >= 11 is 0. The number of amides is 1. The largest absolute Gasteiger partial charge is 0.548 e. The van der Waals surface area contributed by atoms with E-state index in [2.05, 4.69) is 5.32 Å². The predicted molar refractivity (Wildman–Crippen MR) is 89.0 cm³/mol. The Balaban J connectivity index is 2.83. The molecule has 0 radical (unpaired) electrons. The first-order chi connectivity index (χ1) is 11.1. The second-order valence-electron chi connectivity index (χ2n) is 7.01. The third kappa shape index (κ3) is 5.44. The van der Waals surface area contributed by atoms with Gasteiger partial charge in [-0.1, -0.05) is 34.6 Å². The maximum Gasteiger partial charge on any atom is 0.258 e. The molecule has 6 heteroatoms. The van der Waals surface area contributed by atoms with Gasteiger partial charge in [0.15, 0.2) is 6.61 Å². The van der Waals surface area contributed by atoms with Crippen molar-refractivity contribution in [3.05, 3.63) is 23.8 Å². The van der Waals surface area contributed by atoms with Crippen LogP contribution in [0.1, 0.15) is 40.2 Å². The van der Waals surface area contributed by atoms with Gasteiger partial charge in [-0.25, -0.2) is 0 Å². The van der Waals surface area contributed by atoms with E-state index in [-0.39, 0.29) is 17.9 Å². The number of benzene rings is 1. The lowest BCUT2D eigenvalue weighted by Gasteiger charge is -2.25. The van der Waals surface area contributed by atoms with E-state index < -0.39 is 17.9 Å². The molecule has 0 aliphatic heterocycles. The molecule has 0 saturated carbocycles. The van der Waals surface area contributed by atoms with Crippen molar-refractivity contribution in [3.8, 4) is 11.5 Å². The Morgan fingerprint density at radius 1 is 1.25 bits per heavy atom. The highest BCUT2D eigenvalue weighted by Gasteiger charge is 2.22. The minimum Gasteiger partial charge on any atom is -0.548 e. The van der Waals surface area contributed by atoms with Crippen LogP contribution in [-0.2, 0) is 15.0 Å². The Kier molecular flexibility index (Phi) is 6.63. The lowest BCUT2D eigenvalue weighted by molar-refractivity contribution is -0.309. The zero-order valence-corrected chi connectivity index (χ0v) is 15.1. The number of carboxylic acid groups (broad SMARTS) is 1. The third-order valence-electron chi connectivity index (χ3n) is 3.59. The van der Waals surface area contributed by atoms with Gasteiger partial charge in [0.05, 0.1) is 19.1 Å². The van der Waals surface area contributed by atoms with Crippen LogP contribution in [0.4, 0.5) is 0 Å². The summed E-state index contributed by atoms with van der Waals surface area (Å²) < 4.78 is 10.8. The number of methoxy groups -OCH3 is 1. The Bertz CT molecular complexity index is 590.